The highest BCUT2D eigenvalue weighted by atomic mass is 16.6. The molecule has 0 spiro atoms. The molecule has 0 saturated carbocycles. The van der Waals surface area contributed by atoms with Crippen molar-refractivity contribution in [2.24, 2.45) is 0 Å². The van der Waals surface area contributed by atoms with Crippen molar-refractivity contribution >= 4 is 12.4 Å². The number of carbonyl (C=O) groups excluding carboxylic acids is 2. The van der Waals surface area contributed by atoms with Gasteiger partial charge in [0.25, 0.3) is 0 Å². The predicted octanol–water partition coefficient (Wildman–Crippen LogP) is 2.87. The van der Waals surface area contributed by atoms with Gasteiger partial charge in [-0.1, -0.05) is 24.3 Å². The molecule has 0 unspecified atom stereocenters. The van der Waals surface area contributed by atoms with Crippen LogP contribution in [0.3, 0.4) is 0 Å². The van der Waals surface area contributed by atoms with E-state index in [-0.39, 0.29) is 0 Å². The molecule has 4 nitrogen and oxygen atoms in total. The van der Waals surface area contributed by atoms with Crippen molar-refractivity contribution in [2.45, 2.75) is 32.9 Å². The molecule has 18 heavy (non-hydrogen) atoms. The molecule has 0 aliphatic rings. The summed E-state index contributed by atoms with van der Waals surface area (Å²) in [5.74, 6) is 0. The maximum Gasteiger partial charge on any atom is 0.410 e. The van der Waals surface area contributed by atoms with Gasteiger partial charge in [0.05, 0.1) is 0 Å². The summed E-state index contributed by atoms with van der Waals surface area (Å²) in [6, 6.07) is 7.18. The zero-order valence-corrected chi connectivity index (χ0v) is 11.3. The van der Waals surface area contributed by atoms with Crippen molar-refractivity contribution in [1.82, 2.24) is 4.90 Å². The Labute approximate surface area is 108 Å². The number of carbonyl (C=O) groups is 2. The smallest absolute Gasteiger partial charge is 0.410 e. The Bertz CT molecular complexity index is 435. The van der Waals surface area contributed by atoms with Crippen LogP contribution in [0.15, 0.2) is 24.3 Å². The first-order valence-electron chi connectivity index (χ1n) is 5.80. The number of amides is 1. The van der Waals surface area contributed by atoms with Crippen LogP contribution >= 0.6 is 0 Å². The van der Waals surface area contributed by atoms with Gasteiger partial charge in [-0.05, 0) is 26.3 Å². The van der Waals surface area contributed by atoms with Crippen LogP contribution in [0.4, 0.5) is 4.79 Å². The largest absolute Gasteiger partial charge is 0.444 e. The van der Waals surface area contributed by atoms with Gasteiger partial charge < -0.3 is 9.64 Å². The Morgan fingerprint density at radius 1 is 1.33 bits per heavy atom. The fourth-order valence-corrected chi connectivity index (χ4v) is 1.45. The van der Waals surface area contributed by atoms with Gasteiger partial charge in [0.15, 0.2) is 0 Å². The van der Waals surface area contributed by atoms with Crippen molar-refractivity contribution in [3.8, 4) is 0 Å². The second kappa shape index (κ2) is 5.67. The third-order valence-electron chi connectivity index (χ3n) is 2.29. The third-order valence-corrected chi connectivity index (χ3v) is 2.29. The molecule has 0 atom stereocenters. The number of aldehydes is 1. The molecular formula is C14H19NO3. The summed E-state index contributed by atoms with van der Waals surface area (Å²) in [6.07, 6.45) is 0.390. The molecule has 0 aliphatic carbocycles. The molecule has 0 bridgehead atoms. The van der Waals surface area contributed by atoms with Crippen molar-refractivity contribution in [3.63, 3.8) is 0 Å². The quantitative estimate of drug-likeness (QED) is 0.774. The van der Waals surface area contributed by atoms with E-state index in [0.717, 1.165) is 11.8 Å². The summed E-state index contributed by atoms with van der Waals surface area (Å²) in [7, 11) is 1.65. The van der Waals surface area contributed by atoms with Gasteiger partial charge in [-0.25, -0.2) is 4.79 Å². The van der Waals surface area contributed by atoms with Gasteiger partial charge in [-0.2, -0.15) is 0 Å². The Kier molecular flexibility index (Phi) is 4.48. The molecule has 0 aliphatic heterocycles. The average molecular weight is 249 g/mol. The highest BCUT2D eigenvalue weighted by Gasteiger charge is 2.20. The van der Waals surface area contributed by atoms with E-state index in [1.807, 2.05) is 32.9 Å². The van der Waals surface area contributed by atoms with Gasteiger partial charge in [0.1, 0.15) is 11.9 Å². The van der Waals surface area contributed by atoms with Crippen LogP contribution in [0.25, 0.3) is 0 Å². The van der Waals surface area contributed by atoms with E-state index in [1.54, 1.807) is 19.2 Å². The zero-order valence-electron chi connectivity index (χ0n) is 11.3. The first kappa shape index (κ1) is 14.2. The minimum Gasteiger partial charge on any atom is -0.444 e. The standard InChI is InChI=1S/C14H19NO3/c1-14(2,3)18-13(17)15(4)9-11-7-5-6-8-12(11)10-16/h5-8,10H,9H2,1-4H3. The minimum atomic E-state index is -0.518. The SMILES string of the molecule is CN(Cc1ccccc1C=O)C(=O)OC(C)(C)C. The van der Waals surface area contributed by atoms with Gasteiger partial charge in [0.2, 0.25) is 0 Å². The molecule has 1 rings (SSSR count). The number of hydrogen-bond donors (Lipinski definition) is 0. The lowest BCUT2D eigenvalue weighted by molar-refractivity contribution is 0.0284. The summed E-state index contributed by atoms with van der Waals surface area (Å²) < 4.78 is 5.24. The zero-order chi connectivity index (χ0) is 13.8. The first-order chi connectivity index (χ1) is 8.33. The van der Waals surface area contributed by atoms with Crippen LogP contribution in [0.1, 0.15) is 36.7 Å². The Hall–Kier alpha value is -1.84. The summed E-state index contributed by atoms with van der Waals surface area (Å²) in [5.41, 5.74) is 0.879. The van der Waals surface area contributed by atoms with E-state index in [0.29, 0.717) is 12.1 Å². The van der Waals surface area contributed by atoms with E-state index < -0.39 is 11.7 Å². The molecular weight excluding hydrogens is 230 g/mol. The average Bonchev–Trinajstić information content (AvgIpc) is 2.27. The van der Waals surface area contributed by atoms with Crippen molar-refractivity contribution in [2.75, 3.05) is 7.05 Å². The number of rotatable bonds is 3. The van der Waals surface area contributed by atoms with E-state index in [2.05, 4.69) is 0 Å². The third kappa shape index (κ3) is 4.20. The van der Waals surface area contributed by atoms with Gasteiger partial charge in [-0.3, -0.25) is 4.79 Å². The Balaban J connectivity index is 2.72. The number of ether oxygens (including phenoxy) is 1. The lowest BCUT2D eigenvalue weighted by Crippen LogP contribution is -2.34. The molecule has 1 aromatic rings. The lowest BCUT2D eigenvalue weighted by Gasteiger charge is -2.25. The number of hydrogen-bond acceptors (Lipinski definition) is 3. The molecule has 1 amide bonds. The van der Waals surface area contributed by atoms with Gasteiger partial charge in [-0.15, -0.1) is 0 Å². The maximum atomic E-state index is 11.8. The minimum absolute atomic E-state index is 0.351. The highest BCUT2D eigenvalue weighted by molar-refractivity contribution is 5.77. The van der Waals surface area contributed by atoms with Crippen molar-refractivity contribution < 1.29 is 14.3 Å². The molecule has 1 aromatic carbocycles. The monoisotopic (exact) mass is 249 g/mol. The summed E-state index contributed by atoms with van der Waals surface area (Å²) in [6.45, 7) is 5.80. The van der Waals surface area contributed by atoms with Gasteiger partial charge >= 0.3 is 6.09 Å². The van der Waals surface area contributed by atoms with Crippen LogP contribution in [0.2, 0.25) is 0 Å². The normalized spacial score (nSPS) is 10.9. The molecule has 0 fully saturated rings. The predicted molar refractivity (Wildman–Crippen MR) is 69.5 cm³/mol. The summed E-state index contributed by atoms with van der Waals surface area (Å²) in [4.78, 5) is 24.1. The molecule has 0 radical (unpaired) electrons. The fourth-order valence-electron chi connectivity index (χ4n) is 1.45. The number of benzene rings is 1. The van der Waals surface area contributed by atoms with Crippen LogP contribution in [0, 0.1) is 0 Å². The van der Waals surface area contributed by atoms with Crippen LogP contribution < -0.4 is 0 Å². The molecule has 0 heterocycles. The van der Waals surface area contributed by atoms with E-state index in [4.69, 9.17) is 4.74 Å². The molecule has 4 heteroatoms. The maximum absolute atomic E-state index is 11.8. The molecule has 0 saturated heterocycles. The van der Waals surface area contributed by atoms with Crippen LogP contribution in [-0.2, 0) is 11.3 Å². The van der Waals surface area contributed by atoms with E-state index in [9.17, 15) is 9.59 Å². The lowest BCUT2D eigenvalue weighted by atomic mass is 10.1. The van der Waals surface area contributed by atoms with Crippen LogP contribution in [-0.4, -0.2) is 29.9 Å². The number of nitrogens with zero attached hydrogens (tertiary/aromatic N) is 1. The van der Waals surface area contributed by atoms with Crippen molar-refractivity contribution in [1.29, 1.82) is 0 Å². The fraction of sp³-hybridized carbons (Fsp3) is 0.429. The molecule has 0 aromatic heterocycles. The first-order valence-corrected chi connectivity index (χ1v) is 5.80. The topological polar surface area (TPSA) is 46.6 Å². The molecule has 98 valence electrons. The van der Waals surface area contributed by atoms with Gasteiger partial charge in [0, 0.05) is 19.2 Å². The second-order valence-corrected chi connectivity index (χ2v) is 5.15. The van der Waals surface area contributed by atoms with Crippen LogP contribution in [0.5, 0.6) is 0 Å². The second-order valence-electron chi connectivity index (χ2n) is 5.15. The van der Waals surface area contributed by atoms with E-state index >= 15 is 0 Å². The summed E-state index contributed by atoms with van der Waals surface area (Å²) >= 11 is 0. The highest BCUT2D eigenvalue weighted by Crippen LogP contribution is 2.13. The van der Waals surface area contributed by atoms with Crippen molar-refractivity contribution in [3.05, 3.63) is 35.4 Å². The van der Waals surface area contributed by atoms with E-state index in [1.165, 1.54) is 4.90 Å². The Morgan fingerprint density at radius 3 is 2.50 bits per heavy atom. The molecule has 0 N–H and O–H groups in total. The Morgan fingerprint density at radius 2 is 1.94 bits per heavy atom. The summed E-state index contributed by atoms with van der Waals surface area (Å²) in [5, 5.41) is 0.